The highest BCUT2D eigenvalue weighted by atomic mass is 16.2. The predicted octanol–water partition coefficient (Wildman–Crippen LogP) is 3.64. The second-order valence-electron chi connectivity index (χ2n) is 11.9. The number of fused-ring (bicyclic) bond motifs is 3. The first kappa shape index (κ1) is 23.9. The molecular formula is C30H40N4O2. The van der Waals surface area contributed by atoms with E-state index in [0.717, 1.165) is 74.9 Å². The molecule has 3 fully saturated rings. The number of carbonyl (C=O) groups excluding carboxylic acids is 1. The number of pyridine rings is 1. The Morgan fingerprint density at radius 3 is 2.47 bits per heavy atom. The molecule has 2 aromatic rings. The van der Waals surface area contributed by atoms with Crippen LogP contribution < -0.4 is 5.56 Å². The molecule has 6 heteroatoms. The SMILES string of the molecule is CN1CCN(C2(CN(Cc3cc4ccccc4n(C)c3=O)C(=O)[C@@H]3C[C@@H]4C=C[C@H]3C4)CCCC2)CC1. The van der Waals surface area contributed by atoms with Gasteiger partial charge in [-0.05, 0) is 62.1 Å². The molecule has 0 unspecified atom stereocenters. The summed E-state index contributed by atoms with van der Waals surface area (Å²) in [5.41, 5.74) is 1.72. The largest absolute Gasteiger partial charge is 0.336 e. The van der Waals surface area contributed by atoms with E-state index in [-0.39, 0.29) is 22.9 Å². The first-order valence-corrected chi connectivity index (χ1v) is 13.9. The number of amides is 1. The average Bonchev–Trinajstić information content (AvgIpc) is 3.65. The van der Waals surface area contributed by atoms with Gasteiger partial charge in [-0.2, -0.15) is 0 Å². The van der Waals surface area contributed by atoms with Crippen LogP contribution >= 0.6 is 0 Å². The summed E-state index contributed by atoms with van der Waals surface area (Å²) in [4.78, 5) is 34.9. The molecule has 2 saturated carbocycles. The van der Waals surface area contributed by atoms with Crippen molar-refractivity contribution in [2.45, 2.75) is 50.6 Å². The molecule has 4 aliphatic rings. The van der Waals surface area contributed by atoms with Gasteiger partial charge in [0.2, 0.25) is 5.91 Å². The van der Waals surface area contributed by atoms with E-state index < -0.39 is 0 Å². The monoisotopic (exact) mass is 488 g/mol. The van der Waals surface area contributed by atoms with Crippen molar-refractivity contribution in [1.29, 1.82) is 0 Å². The number of para-hydroxylation sites is 1. The maximum atomic E-state index is 14.2. The van der Waals surface area contributed by atoms with E-state index in [1.54, 1.807) is 4.57 Å². The molecule has 1 aromatic carbocycles. The molecule has 2 heterocycles. The normalized spacial score (nSPS) is 27.8. The maximum absolute atomic E-state index is 14.2. The van der Waals surface area contributed by atoms with E-state index in [9.17, 15) is 9.59 Å². The van der Waals surface area contributed by atoms with Gasteiger partial charge in [-0.3, -0.25) is 14.5 Å². The molecule has 0 radical (unpaired) electrons. The smallest absolute Gasteiger partial charge is 0.255 e. The zero-order valence-corrected chi connectivity index (χ0v) is 21.9. The molecule has 3 aliphatic carbocycles. The Morgan fingerprint density at radius 2 is 1.78 bits per heavy atom. The van der Waals surface area contributed by atoms with Gasteiger partial charge < -0.3 is 14.4 Å². The molecule has 1 aliphatic heterocycles. The summed E-state index contributed by atoms with van der Waals surface area (Å²) in [6.45, 7) is 5.43. The van der Waals surface area contributed by atoms with Gasteiger partial charge in [0, 0.05) is 56.8 Å². The van der Waals surface area contributed by atoms with Crippen LogP contribution in [-0.4, -0.2) is 70.5 Å². The second-order valence-corrected chi connectivity index (χ2v) is 11.9. The summed E-state index contributed by atoms with van der Waals surface area (Å²) in [5, 5.41) is 1.06. The number of aromatic nitrogens is 1. The third kappa shape index (κ3) is 4.22. The van der Waals surface area contributed by atoms with Crippen molar-refractivity contribution in [1.82, 2.24) is 19.3 Å². The second kappa shape index (κ2) is 9.46. The Balaban J connectivity index is 1.34. The Morgan fingerprint density at radius 1 is 1.03 bits per heavy atom. The van der Waals surface area contributed by atoms with Crippen LogP contribution in [0.25, 0.3) is 10.9 Å². The van der Waals surface area contributed by atoms with Crippen molar-refractivity contribution in [3.63, 3.8) is 0 Å². The van der Waals surface area contributed by atoms with Gasteiger partial charge >= 0.3 is 0 Å². The van der Waals surface area contributed by atoms with Crippen LogP contribution in [0.2, 0.25) is 0 Å². The summed E-state index contributed by atoms with van der Waals surface area (Å²) in [7, 11) is 4.05. The molecule has 0 spiro atoms. The highest BCUT2D eigenvalue weighted by Crippen LogP contribution is 2.45. The number of rotatable bonds is 6. The van der Waals surface area contributed by atoms with Crippen molar-refractivity contribution < 1.29 is 4.79 Å². The number of hydrogen-bond donors (Lipinski definition) is 0. The Hall–Kier alpha value is -2.44. The number of piperazine rings is 1. The number of benzene rings is 1. The fourth-order valence-electron chi connectivity index (χ4n) is 7.56. The van der Waals surface area contributed by atoms with E-state index >= 15 is 0 Å². The number of likely N-dealkylation sites (N-methyl/N-ethyl adjacent to an activating group) is 1. The maximum Gasteiger partial charge on any atom is 0.255 e. The van der Waals surface area contributed by atoms with Gasteiger partial charge in [0.05, 0.1) is 12.1 Å². The van der Waals surface area contributed by atoms with Crippen LogP contribution in [0.4, 0.5) is 0 Å². The molecular weight excluding hydrogens is 448 g/mol. The van der Waals surface area contributed by atoms with Gasteiger partial charge in [-0.25, -0.2) is 0 Å². The standard InChI is InChI=1S/C30H40N4O2/c1-31-13-15-34(16-14-31)30(11-5-6-12-30)21-33(29(36)26-18-22-9-10-23(26)17-22)20-25-19-24-7-3-4-8-27(24)32(2)28(25)35/h3-4,7-10,19,22-23,26H,5-6,11-18,20-21H2,1-2H3/t22-,23+,26-/m1/s1. The van der Waals surface area contributed by atoms with Gasteiger partial charge in [-0.15, -0.1) is 0 Å². The molecule has 0 N–H and O–H groups in total. The fraction of sp³-hybridized carbons (Fsp3) is 0.600. The zero-order chi connectivity index (χ0) is 24.9. The Bertz CT molecular complexity index is 1220. The summed E-state index contributed by atoms with van der Waals surface area (Å²) >= 11 is 0. The van der Waals surface area contributed by atoms with Gasteiger partial charge in [0.15, 0.2) is 0 Å². The molecule has 6 nitrogen and oxygen atoms in total. The Labute approximate surface area is 214 Å². The summed E-state index contributed by atoms with van der Waals surface area (Å²) in [6, 6.07) is 10.1. The number of carbonyl (C=O) groups is 1. The van der Waals surface area contributed by atoms with Gasteiger partial charge in [-0.1, -0.05) is 43.2 Å². The van der Waals surface area contributed by atoms with Crippen LogP contribution in [0.3, 0.4) is 0 Å². The third-order valence-electron chi connectivity index (χ3n) is 9.67. The quantitative estimate of drug-likeness (QED) is 0.583. The predicted molar refractivity (Wildman–Crippen MR) is 144 cm³/mol. The van der Waals surface area contributed by atoms with Crippen LogP contribution in [0, 0.1) is 17.8 Å². The first-order valence-electron chi connectivity index (χ1n) is 13.9. The van der Waals surface area contributed by atoms with Crippen LogP contribution in [0.5, 0.6) is 0 Å². The zero-order valence-electron chi connectivity index (χ0n) is 21.9. The van der Waals surface area contributed by atoms with Crippen molar-refractivity contribution in [2.24, 2.45) is 24.8 Å². The molecule has 6 rings (SSSR count). The summed E-state index contributed by atoms with van der Waals surface area (Å²) < 4.78 is 1.75. The lowest BCUT2D eigenvalue weighted by Gasteiger charge is -2.48. The molecule has 1 saturated heterocycles. The fourth-order valence-corrected chi connectivity index (χ4v) is 7.56. The topological polar surface area (TPSA) is 48.8 Å². The average molecular weight is 489 g/mol. The lowest BCUT2D eigenvalue weighted by molar-refractivity contribution is -0.139. The number of nitrogens with zero attached hydrogens (tertiary/aromatic N) is 4. The summed E-state index contributed by atoms with van der Waals surface area (Å²) in [6.07, 6.45) is 11.4. The molecule has 1 aromatic heterocycles. The van der Waals surface area contributed by atoms with E-state index in [2.05, 4.69) is 40.0 Å². The molecule has 36 heavy (non-hydrogen) atoms. The van der Waals surface area contributed by atoms with E-state index in [0.29, 0.717) is 18.4 Å². The van der Waals surface area contributed by atoms with Gasteiger partial charge in [0.1, 0.15) is 0 Å². The van der Waals surface area contributed by atoms with Crippen LogP contribution in [0.15, 0.2) is 47.3 Å². The minimum Gasteiger partial charge on any atom is -0.336 e. The molecule has 2 bridgehead atoms. The highest BCUT2D eigenvalue weighted by molar-refractivity contribution is 5.81. The van der Waals surface area contributed by atoms with Crippen molar-refractivity contribution in [3.8, 4) is 0 Å². The highest BCUT2D eigenvalue weighted by Gasteiger charge is 2.46. The van der Waals surface area contributed by atoms with E-state index in [4.69, 9.17) is 0 Å². The molecule has 1 amide bonds. The summed E-state index contributed by atoms with van der Waals surface area (Å²) in [5.74, 6) is 1.25. The first-order chi connectivity index (χ1) is 17.4. The minimum atomic E-state index is 0.0133. The molecule has 192 valence electrons. The number of hydrogen-bond acceptors (Lipinski definition) is 4. The van der Waals surface area contributed by atoms with Crippen molar-refractivity contribution in [3.05, 3.63) is 58.4 Å². The van der Waals surface area contributed by atoms with Gasteiger partial charge in [0.25, 0.3) is 5.56 Å². The van der Waals surface area contributed by atoms with Crippen LogP contribution in [0.1, 0.15) is 44.1 Å². The lowest BCUT2D eigenvalue weighted by atomic mass is 9.89. The van der Waals surface area contributed by atoms with Crippen LogP contribution in [-0.2, 0) is 18.4 Å². The number of aryl methyl sites for hydroxylation is 1. The minimum absolute atomic E-state index is 0.0133. The van der Waals surface area contributed by atoms with E-state index in [1.165, 1.54) is 12.8 Å². The van der Waals surface area contributed by atoms with Crippen molar-refractivity contribution in [2.75, 3.05) is 39.8 Å². The van der Waals surface area contributed by atoms with Crippen molar-refractivity contribution >= 4 is 16.8 Å². The number of allylic oxidation sites excluding steroid dienone is 2. The van der Waals surface area contributed by atoms with E-state index in [1.807, 2.05) is 31.3 Å². The lowest BCUT2D eigenvalue weighted by Crippen LogP contribution is -2.60. The molecule has 3 atom stereocenters. The Kier molecular flexibility index (Phi) is 6.29. The third-order valence-corrected chi connectivity index (χ3v) is 9.67.